The van der Waals surface area contributed by atoms with E-state index in [4.69, 9.17) is 15.3 Å². The molecule has 0 heterocycles. The van der Waals surface area contributed by atoms with E-state index in [0.29, 0.717) is 19.4 Å². The molecular formula is C7H17NO3. The Bertz CT molecular complexity index is 79.8. The SMILES string of the molecule is CNCC(O)CC(O)CCO. The van der Waals surface area contributed by atoms with Crippen LogP contribution in [0.15, 0.2) is 0 Å². The minimum absolute atomic E-state index is 0.0343. The van der Waals surface area contributed by atoms with Gasteiger partial charge in [-0.3, -0.25) is 0 Å². The fourth-order valence-corrected chi connectivity index (χ4v) is 0.900. The van der Waals surface area contributed by atoms with Crippen LogP contribution in [0.5, 0.6) is 0 Å². The van der Waals surface area contributed by atoms with E-state index in [-0.39, 0.29) is 6.61 Å². The molecule has 0 rings (SSSR count). The van der Waals surface area contributed by atoms with Crippen LogP contribution in [0, 0.1) is 0 Å². The van der Waals surface area contributed by atoms with Gasteiger partial charge in [-0.05, 0) is 13.5 Å². The molecule has 4 N–H and O–H groups in total. The van der Waals surface area contributed by atoms with Gasteiger partial charge in [-0.1, -0.05) is 0 Å². The van der Waals surface area contributed by atoms with Gasteiger partial charge in [-0.25, -0.2) is 0 Å². The quantitative estimate of drug-likeness (QED) is 0.393. The van der Waals surface area contributed by atoms with E-state index < -0.39 is 12.2 Å². The zero-order valence-electron chi connectivity index (χ0n) is 6.82. The van der Waals surface area contributed by atoms with Crippen LogP contribution >= 0.6 is 0 Å². The molecule has 2 atom stereocenters. The van der Waals surface area contributed by atoms with Gasteiger partial charge in [0.25, 0.3) is 0 Å². The average molecular weight is 163 g/mol. The van der Waals surface area contributed by atoms with Gasteiger partial charge in [0, 0.05) is 19.6 Å². The lowest BCUT2D eigenvalue weighted by Crippen LogP contribution is -2.28. The number of aliphatic hydroxyl groups is 3. The van der Waals surface area contributed by atoms with Crippen LogP contribution in [0.4, 0.5) is 0 Å². The maximum Gasteiger partial charge on any atom is 0.0689 e. The summed E-state index contributed by atoms with van der Waals surface area (Å²) < 4.78 is 0. The van der Waals surface area contributed by atoms with Gasteiger partial charge in [0.05, 0.1) is 12.2 Å². The Morgan fingerprint density at radius 1 is 1.27 bits per heavy atom. The van der Waals surface area contributed by atoms with Crippen LogP contribution in [0.2, 0.25) is 0 Å². The summed E-state index contributed by atoms with van der Waals surface area (Å²) in [4.78, 5) is 0. The van der Waals surface area contributed by atoms with Crippen molar-refractivity contribution >= 4 is 0 Å². The average Bonchev–Trinajstić information content (AvgIpc) is 1.87. The minimum atomic E-state index is -0.594. The Labute approximate surface area is 66.9 Å². The first-order chi connectivity index (χ1) is 5.20. The third-order valence-electron chi connectivity index (χ3n) is 1.45. The molecule has 11 heavy (non-hydrogen) atoms. The summed E-state index contributed by atoms with van der Waals surface area (Å²) in [6, 6.07) is 0. The maximum absolute atomic E-state index is 9.14. The highest BCUT2D eigenvalue weighted by Gasteiger charge is 2.09. The van der Waals surface area contributed by atoms with Crippen molar-refractivity contribution in [2.24, 2.45) is 0 Å². The Hall–Kier alpha value is -0.160. The Morgan fingerprint density at radius 3 is 2.36 bits per heavy atom. The third kappa shape index (κ3) is 6.25. The molecule has 0 aliphatic rings. The third-order valence-corrected chi connectivity index (χ3v) is 1.45. The number of hydrogen-bond donors (Lipinski definition) is 4. The molecule has 0 aliphatic carbocycles. The summed E-state index contributed by atoms with van der Waals surface area (Å²) in [7, 11) is 1.74. The van der Waals surface area contributed by atoms with Crippen molar-refractivity contribution in [3.8, 4) is 0 Å². The van der Waals surface area contributed by atoms with Crippen molar-refractivity contribution in [3.63, 3.8) is 0 Å². The second-order valence-electron chi connectivity index (χ2n) is 2.61. The monoisotopic (exact) mass is 163 g/mol. The van der Waals surface area contributed by atoms with E-state index in [1.807, 2.05) is 0 Å². The van der Waals surface area contributed by atoms with Gasteiger partial charge in [-0.2, -0.15) is 0 Å². The number of likely N-dealkylation sites (N-methyl/N-ethyl adjacent to an activating group) is 1. The number of aliphatic hydroxyl groups excluding tert-OH is 3. The van der Waals surface area contributed by atoms with Gasteiger partial charge < -0.3 is 20.6 Å². The number of hydrogen-bond acceptors (Lipinski definition) is 4. The molecule has 0 bridgehead atoms. The lowest BCUT2D eigenvalue weighted by Gasteiger charge is -2.13. The van der Waals surface area contributed by atoms with E-state index in [9.17, 15) is 0 Å². The molecule has 0 radical (unpaired) electrons. The van der Waals surface area contributed by atoms with E-state index in [2.05, 4.69) is 5.32 Å². The van der Waals surface area contributed by atoms with E-state index in [1.54, 1.807) is 7.05 Å². The molecule has 4 heteroatoms. The van der Waals surface area contributed by atoms with Crippen LogP contribution < -0.4 is 5.32 Å². The van der Waals surface area contributed by atoms with E-state index in [0.717, 1.165) is 0 Å². The van der Waals surface area contributed by atoms with Crippen molar-refractivity contribution < 1.29 is 15.3 Å². The first-order valence-electron chi connectivity index (χ1n) is 3.82. The predicted octanol–water partition coefficient (Wildman–Crippen LogP) is -1.30. The summed E-state index contributed by atoms with van der Waals surface area (Å²) in [6.07, 6.45) is -0.466. The van der Waals surface area contributed by atoms with E-state index in [1.165, 1.54) is 0 Å². The van der Waals surface area contributed by atoms with Crippen molar-refractivity contribution in [3.05, 3.63) is 0 Å². The van der Waals surface area contributed by atoms with Gasteiger partial charge in [-0.15, -0.1) is 0 Å². The highest BCUT2D eigenvalue weighted by atomic mass is 16.3. The molecule has 0 fully saturated rings. The molecular weight excluding hydrogens is 146 g/mol. The Kier molecular flexibility index (Phi) is 6.45. The van der Waals surface area contributed by atoms with Gasteiger partial charge >= 0.3 is 0 Å². The fraction of sp³-hybridized carbons (Fsp3) is 1.00. The molecule has 0 saturated carbocycles. The summed E-state index contributed by atoms with van der Waals surface area (Å²) in [6.45, 7) is 0.440. The Balaban J connectivity index is 3.32. The highest BCUT2D eigenvalue weighted by Crippen LogP contribution is 2.00. The summed E-state index contributed by atoms with van der Waals surface area (Å²) in [5, 5.41) is 29.5. The molecule has 0 aromatic rings. The zero-order chi connectivity index (χ0) is 8.69. The van der Waals surface area contributed by atoms with Crippen LogP contribution in [0.1, 0.15) is 12.8 Å². The van der Waals surface area contributed by atoms with Crippen LogP contribution in [-0.4, -0.2) is 47.7 Å². The molecule has 68 valence electrons. The second-order valence-corrected chi connectivity index (χ2v) is 2.61. The Morgan fingerprint density at radius 2 is 1.91 bits per heavy atom. The molecule has 0 aromatic heterocycles. The van der Waals surface area contributed by atoms with Crippen molar-refractivity contribution in [1.82, 2.24) is 5.32 Å². The molecule has 0 amide bonds. The zero-order valence-corrected chi connectivity index (χ0v) is 6.82. The first-order valence-corrected chi connectivity index (χ1v) is 3.82. The maximum atomic E-state index is 9.14. The highest BCUT2D eigenvalue weighted by molar-refractivity contribution is 4.64. The topological polar surface area (TPSA) is 72.7 Å². The van der Waals surface area contributed by atoms with Crippen molar-refractivity contribution in [1.29, 1.82) is 0 Å². The number of rotatable bonds is 6. The van der Waals surface area contributed by atoms with Crippen LogP contribution in [-0.2, 0) is 0 Å². The van der Waals surface area contributed by atoms with Gasteiger partial charge in [0.2, 0.25) is 0 Å². The molecule has 0 spiro atoms. The molecule has 4 nitrogen and oxygen atoms in total. The molecule has 0 aliphatic heterocycles. The molecule has 0 aromatic carbocycles. The minimum Gasteiger partial charge on any atom is -0.396 e. The molecule has 0 saturated heterocycles. The summed E-state index contributed by atoms with van der Waals surface area (Å²) >= 11 is 0. The van der Waals surface area contributed by atoms with Crippen molar-refractivity contribution in [2.75, 3.05) is 20.2 Å². The van der Waals surface area contributed by atoms with Crippen LogP contribution in [0.3, 0.4) is 0 Å². The normalized spacial score (nSPS) is 16.4. The van der Waals surface area contributed by atoms with Gasteiger partial charge in [0.1, 0.15) is 0 Å². The van der Waals surface area contributed by atoms with Gasteiger partial charge in [0.15, 0.2) is 0 Å². The predicted molar refractivity (Wildman–Crippen MR) is 42.3 cm³/mol. The lowest BCUT2D eigenvalue weighted by atomic mass is 10.1. The summed E-state index contributed by atoms with van der Waals surface area (Å²) in [5.41, 5.74) is 0. The largest absolute Gasteiger partial charge is 0.396 e. The standard InChI is InChI=1S/C7H17NO3/c1-8-5-7(11)4-6(10)2-3-9/h6-11H,2-5H2,1H3. The first kappa shape index (κ1) is 10.8. The van der Waals surface area contributed by atoms with E-state index >= 15 is 0 Å². The smallest absolute Gasteiger partial charge is 0.0689 e. The lowest BCUT2D eigenvalue weighted by molar-refractivity contribution is 0.0650. The van der Waals surface area contributed by atoms with Crippen LogP contribution in [0.25, 0.3) is 0 Å². The van der Waals surface area contributed by atoms with Crippen molar-refractivity contribution in [2.45, 2.75) is 25.0 Å². The second kappa shape index (κ2) is 6.54. The summed E-state index contributed by atoms with van der Waals surface area (Å²) in [5.74, 6) is 0. The fourth-order valence-electron chi connectivity index (χ4n) is 0.900. The number of nitrogens with one attached hydrogen (secondary N) is 1. The molecule has 2 unspecified atom stereocenters.